The van der Waals surface area contributed by atoms with Gasteiger partial charge in [-0.1, -0.05) is 51.8 Å². The third-order valence-electron chi connectivity index (χ3n) is 4.90. The molecule has 4 heteroatoms. The topological polar surface area (TPSA) is 33.1 Å². The summed E-state index contributed by atoms with van der Waals surface area (Å²) in [6.45, 7) is 17.5. The van der Waals surface area contributed by atoms with E-state index in [2.05, 4.69) is 71.0 Å². The van der Waals surface area contributed by atoms with Gasteiger partial charge in [0.15, 0.2) is 0 Å². The smallest absolute Gasteiger partial charge is 0.0901 e. The zero-order chi connectivity index (χ0) is 21.3. The minimum atomic E-state index is -0.226. The molecule has 0 aromatic carbocycles. The van der Waals surface area contributed by atoms with E-state index in [1.165, 1.54) is 11.1 Å². The zero-order valence-corrected chi connectivity index (χ0v) is 20.8. The van der Waals surface area contributed by atoms with E-state index < -0.39 is 0 Å². The molecule has 0 bridgehead atoms. The van der Waals surface area contributed by atoms with Gasteiger partial charge >= 0.3 is 0 Å². The molecule has 0 aliphatic carbocycles. The molecular formula is C24H41NOS2. The van der Waals surface area contributed by atoms with E-state index in [9.17, 15) is 5.11 Å². The Morgan fingerprint density at radius 2 is 1.89 bits per heavy atom. The number of hydrogen-bond acceptors (Lipinski definition) is 4. The number of allylic oxidation sites excluding steroid dienone is 3. The van der Waals surface area contributed by atoms with Gasteiger partial charge < -0.3 is 5.11 Å². The van der Waals surface area contributed by atoms with Crippen LogP contribution in [-0.4, -0.2) is 26.2 Å². The lowest BCUT2D eigenvalue weighted by Gasteiger charge is -2.29. The van der Waals surface area contributed by atoms with Crippen molar-refractivity contribution in [1.82, 2.24) is 4.98 Å². The molecule has 0 spiro atoms. The Balaban J connectivity index is 2.31. The van der Waals surface area contributed by atoms with Crippen LogP contribution >= 0.6 is 23.1 Å². The predicted molar refractivity (Wildman–Crippen MR) is 129 cm³/mol. The Morgan fingerprint density at radius 1 is 1.21 bits per heavy atom. The Kier molecular flexibility index (Phi) is 11.1. The van der Waals surface area contributed by atoms with Gasteiger partial charge in [-0.15, -0.1) is 11.3 Å². The number of nitrogens with zero attached hydrogens (tertiary/aromatic N) is 1. The Morgan fingerprint density at radius 3 is 2.46 bits per heavy atom. The van der Waals surface area contributed by atoms with E-state index in [0.29, 0.717) is 5.92 Å². The normalized spacial score (nSPS) is 16.9. The number of rotatable bonds is 11. The Bertz CT molecular complexity index is 639. The van der Waals surface area contributed by atoms with Gasteiger partial charge in [0.1, 0.15) is 0 Å². The number of thiazole rings is 1. The zero-order valence-electron chi connectivity index (χ0n) is 19.2. The molecule has 0 saturated carbocycles. The fraction of sp³-hybridized carbons (Fsp3) is 0.708. The third-order valence-corrected chi connectivity index (χ3v) is 7.05. The summed E-state index contributed by atoms with van der Waals surface area (Å²) >= 11 is 3.58. The van der Waals surface area contributed by atoms with Crippen LogP contribution in [0.15, 0.2) is 22.6 Å². The molecule has 2 nitrogen and oxygen atoms in total. The maximum Gasteiger partial charge on any atom is 0.0901 e. The second kappa shape index (κ2) is 12.2. The van der Waals surface area contributed by atoms with Gasteiger partial charge in [-0.05, 0) is 64.9 Å². The van der Waals surface area contributed by atoms with Crippen LogP contribution in [0.2, 0.25) is 0 Å². The van der Waals surface area contributed by atoms with Gasteiger partial charge in [-0.2, -0.15) is 11.8 Å². The number of aliphatic hydroxyl groups excluding tert-OH is 1. The monoisotopic (exact) mass is 423 g/mol. The van der Waals surface area contributed by atoms with E-state index in [0.717, 1.165) is 42.8 Å². The molecule has 0 fully saturated rings. The van der Waals surface area contributed by atoms with Gasteiger partial charge in [0.2, 0.25) is 0 Å². The Labute approximate surface area is 181 Å². The highest BCUT2D eigenvalue weighted by Gasteiger charge is 2.25. The quantitative estimate of drug-likeness (QED) is 0.371. The molecule has 1 aromatic rings. The van der Waals surface area contributed by atoms with Crippen molar-refractivity contribution in [2.75, 3.05) is 0 Å². The highest BCUT2D eigenvalue weighted by atomic mass is 32.2. The molecule has 1 heterocycles. The molecular weight excluding hydrogens is 382 g/mol. The number of aryl methyl sites for hydroxylation is 1. The molecule has 0 radical (unpaired) electrons. The fourth-order valence-electron chi connectivity index (χ4n) is 3.38. The van der Waals surface area contributed by atoms with Gasteiger partial charge in [0, 0.05) is 15.4 Å². The Hall–Kier alpha value is -0.580. The second-order valence-corrected chi connectivity index (χ2v) is 12.4. The lowest BCUT2D eigenvalue weighted by Crippen LogP contribution is -2.30. The van der Waals surface area contributed by atoms with Crippen molar-refractivity contribution in [3.05, 3.63) is 33.3 Å². The molecule has 3 atom stereocenters. The van der Waals surface area contributed by atoms with Crippen LogP contribution in [0, 0.1) is 12.8 Å². The van der Waals surface area contributed by atoms with E-state index in [4.69, 9.17) is 0 Å². The molecule has 0 aliphatic heterocycles. The largest absolute Gasteiger partial charge is 0.392 e. The summed E-state index contributed by atoms with van der Waals surface area (Å²) in [4.78, 5) is 4.50. The van der Waals surface area contributed by atoms with Crippen molar-refractivity contribution < 1.29 is 5.11 Å². The van der Waals surface area contributed by atoms with Crippen LogP contribution in [0.4, 0.5) is 0 Å². The van der Waals surface area contributed by atoms with Crippen LogP contribution in [0.5, 0.6) is 0 Å². The molecule has 0 amide bonds. The highest BCUT2D eigenvalue weighted by molar-refractivity contribution is 8.01. The maximum atomic E-state index is 10.6. The van der Waals surface area contributed by atoms with E-state index in [1.54, 1.807) is 11.3 Å². The molecule has 0 saturated heterocycles. The number of aliphatic hydroxyl groups is 1. The summed E-state index contributed by atoms with van der Waals surface area (Å²) in [6, 6.07) is 0. The first-order valence-corrected chi connectivity index (χ1v) is 12.3. The van der Waals surface area contributed by atoms with E-state index >= 15 is 0 Å². The van der Waals surface area contributed by atoms with Crippen molar-refractivity contribution >= 4 is 29.2 Å². The molecule has 1 rings (SSSR count). The van der Waals surface area contributed by atoms with Gasteiger partial charge in [0.25, 0.3) is 0 Å². The molecule has 3 unspecified atom stereocenters. The summed E-state index contributed by atoms with van der Waals surface area (Å²) in [6.07, 6.45) is 9.90. The van der Waals surface area contributed by atoms with Crippen molar-refractivity contribution in [1.29, 1.82) is 0 Å². The number of thioether (sulfide) groups is 1. The van der Waals surface area contributed by atoms with Crippen molar-refractivity contribution in [2.45, 2.75) is 104 Å². The van der Waals surface area contributed by atoms with Crippen molar-refractivity contribution in [3.63, 3.8) is 0 Å². The van der Waals surface area contributed by atoms with Crippen molar-refractivity contribution in [3.8, 4) is 0 Å². The summed E-state index contributed by atoms with van der Waals surface area (Å²) in [7, 11) is 0. The first kappa shape index (κ1) is 25.5. The summed E-state index contributed by atoms with van der Waals surface area (Å²) in [5.74, 6) is 0.351. The first-order valence-electron chi connectivity index (χ1n) is 10.6. The third kappa shape index (κ3) is 10.8. The van der Waals surface area contributed by atoms with Crippen LogP contribution in [0.25, 0.3) is 6.08 Å². The summed E-state index contributed by atoms with van der Waals surface area (Å²) in [5, 5.41) is 14.1. The number of aromatic nitrogens is 1. The first-order chi connectivity index (χ1) is 13.0. The van der Waals surface area contributed by atoms with Crippen LogP contribution in [0.3, 0.4) is 0 Å². The van der Waals surface area contributed by atoms with Crippen LogP contribution in [0.1, 0.15) is 91.3 Å². The lowest BCUT2D eigenvalue weighted by molar-refractivity contribution is 0.112. The van der Waals surface area contributed by atoms with Crippen LogP contribution < -0.4 is 0 Å². The number of hydrogen-bond donors (Lipinski definition) is 1. The summed E-state index contributed by atoms with van der Waals surface area (Å²) in [5.41, 5.74) is 3.94. The fourth-order valence-corrected chi connectivity index (χ4v) is 5.48. The maximum absolute atomic E-state index is 10.6. The van der Waals surface area contributed by atoms with Gasteiger partial charge in [0.05, 0.1) is 16.8 Å². The van der Waals surface area contributed by atoms with E-state index in [1.807, 2.05) is 18.7 Å². The second-order valence-electron chi connectivity index (χ2n) is 9.17. The highest BCUT2D eigenvalue weighted by Crippen LogP contribution is 2.32. The summed E-state index contributed by atoms with van der Waals surface area (Å²) < 4.78 is 0.199. The molecule has 1 aromatic heterocycles. The minimum absolute atomic E-state index is 0.199. The standard InChI is InChI=1S/C24H41NOS2/c1-17(11-9-13-18(2)15-22-16-27-21(5)25-22)12-10-14-19(3)23(26)20(4)28-24(6,7)8/h11,15-16,19-20,23,26H,9-10,12-14H2,1-8H3/b17-11-,18-15+. The molecule has 160 valence electrons. The van der Waals surface area contributed by atoms with Gasteiger partial charge in [-0.25, -0.2) is 4.98 Å². The van der Waals surface area contributed by atoms with E-state index in [-0.39, 0.29) is 16.1 Å². The van der Waals surface area contributed by atoms with Gasteiger partial charge in [-0.3, -0.25) is 0 Å². The van der Waals surface area contributed by atoms with Crippen LogP contribution in [-0.2, 0) is 0 Å². The minimum Gasteiger partial charge on any atom is -0.392 e. The average molecular weight is 424 g/mol. The molecule has 1 N–H and O–H groups in total. The molecule has 0 aliphatic rings. The predicted octanol–water partition coefficient (Wildman–Crippen LogP) is 7.67. The van der Waals surface area contributed by atoms with Crippen molar-refractivity contribution in [2.24, 2.45) is 5.92 Å². The SMILES string of the molecule is C/C(=C/CC/C(C)=C/c1csc(C)n1)CCCC(C)C(O)C(C)SC(C)(C)C. The lowest BCUT2D eigenvalue weighted by atomic mass is 9.94. The average Bonchev–Trinajstić information content (AvgIpc) is 2.97. The molecule has 28 heavy (non-hydrogen) atoms.